The van der Waals surface area contributed by atoms with Gasteiger partial charge < -0.3 is 20.7 Å². The highest BCUT2D eigenvalue weighted by atomic mass is 32.1. The summed E-state index contributed by atoms with van der Waals surface area (Å²) >= 11 is 1.49. The molecule has 1 unspecified atom stereocenters. The van der Waals surface area contributed by atoms with E-state index in [4.69, 9.17) is 5.73 Å². The quantitative estimate of drug-likeness (QED) is 0.493. The lowest BCUT2D eigenvalue weighted by atomic mass is 9.81. The van der Waals surface area contributed by atoms with Crippen LogP contribution < -0.4 is 16.6 Å². The third-order valence-corrected chi connectivity index (χ3v) is 6.21. The number of amides is 2. The molecule has 2 heterocycles. The van der Waals surface area contributed by atoms with Gasteiger partial charge in [0.1, 0.15) is 0 Å². The fourth-order valence-electron chi connectivity index (χ4n) is 3.96. The number of carbonyl (C=O) groups is 2. The molecule has 0 aliphatic rings. The Kier molecular flexibility index (Phi) is 6.46. The van der Waals surface area contributed by atoms with Crippen molar-refractivity contribution in [2.45, 2.75) is 47.2 Å². The second kappa shape index (κ2) is 8.78. The minimum atomic E-state index is -1.17. The highest BCUT2D eigenvalue weighted by molar-refractivity contribution is 7.13. The molecule has 0 bridgehead atoms. The lowest BCUT2D eigenvalue weighted by Crippen LogP contribution is -2.40. The third kappa shape index (κ3) is 4.55. The van der Waals surface area contributed by atoms with E-state index in [0.29, 0.717) is 28.6 Å². The number of carboxylic acid groups (broad SMARTS) is 1. The van der Waals surface area contributed by atoms with Crippen LogP contribution in [-0.2, 0) is 6.54 Å². The van der Waals surface area contributed by atoms with Gasteiger partial charge in [-0.05, 0) is 46.4 Å². The van der Waals surface area contributed by atoms with Gasteiger partial charge in [-0.2, -0.15) is 0 Å². The molecule has 1 aromatic carbocycles. The summed E-state index contributed by atoms with van der Waals surface area (Å²) in [5.41, 5.74) is 6.40. The number of primary amides is 1. The highest BCUT2D eigenvalue weighted by Gasteiger charge is 2.34. The first-order valence-corrected chi connectivity index (χ1v) is 11.3. The van der Waals surface area contributed by atoms with Crippen LogP contribution in [0, 0.1) is 11.3 Å². The van der Waals surface area contributed by atoms with Crippen LogP contribution >= 0.6 is 11.3 Å². The Bertz CT molecular complexity index is 1220. The number of nitrogens with two attached hydrogens (primary N) is 1. The van der Waals surface area contributed by atoms with Crippen molar-refractivity contribution in [2.75, 3.05) is 0 Å². The summed E-state index contributed by atoms with van der Waals surface area (Å²) in [6.07, 6.45) is -1.17. The van der Waals surface area contributed by atoms with Crippen molar-refractivity contribution in [3.8, 4) is 10.4 Å². The summed E-state index contributed by atoms with van der Waals surface area (Å²) in [6.45, 7) is 10.2. The van der Waals surface area contributed by atoms with Crippen molar-refractivity contribution in [1.29, 1.82) is 0 Å². The Hall–Kier alpha value is -3.13. The van der Waals surface area contributed by atoms with Crippen LogP contribution in [0.25, 0.3) is 21.2 Å². The molecule has 3 aromatic rings. The number of nitrogens with zero attached hydrogens (tertiary/aromatic N) is 1. The first kappa shape index (κ1) is 23.5. The molecule has 32 heavy (non-hydrogen) atoms. The van der Waals surface area contributed by atoms with Gasteiger partial charge in [-0.15, -0.1) is 11.3 Å². The van der Waals surface area contributed by atoms with Gasteiger partial charge in [-0.3, -0.25) is 9.59 Å². The molecule has 2 aromatic heterocycles. The van der Waals surface area contributed by atoms with E-state index in [-0.39, 0.29) is 11.5 Å². The number of carbonyl (C=O) groups excluding carboxylic acids is 1. The van der Waals surface area contributed by atoms with E-state index in [1.54, 1.807) is 22.8 Å². The van der Waals surface area contributed by atoms with Crippen molar-refractivity contribution >= 4 is 34.1 Å². The fourth-order valence-corrected chi connectivity index (χ4v) is 4.76. The van der Waals surface area contributed by atoms with E-state index in [9.17, 15) is 19.5 Å². The number of benzene rings is 1. The van der Waals surface area contributed by atoms with E-state index in [0.717, 1.165) is 10.4 Å². The highest BCUT2D eigenvalue weighted by Crippen LogP contribution is 2.42. The normalized spacial score (nSPS) is 12.8. The van der Waals surface area contributed by atoms with Crippen LogP contribution in [0.2, 0.25) is 0 Å². The summed E-state index contributed by atoms with van der Waals surface area (Å²) in [5, 5.41) is 15.3. The van der Waals surface area contributed by atoms with Gasteiger partial charge in [-0.25, -0.2) is 4.79 Å². The number of thiophene rings is 1. The minimum absolute atomic E-state index is 0.149. The zero-order valence-electron chi connectivity index (χ0n) is 18.9. The van der Waals surface area contributed by atoms with Gasteiger partial charge in [0.25, 0.3) is 5.56 Å². The SMILES string of the molecule is CC(C)Cn1c(C(NC(=O)O)C(C)(C)C)c(-c2cccs2)c2cc(C(N)=O)ccc2c1=O. The maximum absolute atomic E-state index is 13.7. The molecule has 0 saturated heterocycles. The first-order chi connectivity index (χ1) is 14.9. The van der Waals surface area contributed by atoms with E-state index >= 15 is 0 Å². The molecule has 0 fully saturated rings. The standard InChI is InChI=1S/C24H29N3O4S/c1-13(2)12-27-19(20(24(3,4)5)26-23(30)31)18(17-7-6-10-32-17)16-11-14(21(25)28)8-9-15(16)22(27)29/h6-11,13,20,26H,12H2,1-5H3,(H2,25,28)(H,30,31). The Morgan fingerprint density at radius 2 is 1.88 bits per heavy atom. The summed E-state index contributed by atoms with van der Waals surface area (Å²) < 4.78 is 1.69. The number of pyridine rings is 1. The molecule has 0 saturated carbocycles. The molecule has 7 nitrogen and oxygen atoms in total. The number of rotatable bonds is 6. The molecule has 2 amide bonds. The van der Waals surface area contributed by atoms with Gasteiger partial charge in [-0.1, -0.05) is 40.7 Å². The summed E-state index contributed by atoms with van der Waals surface area (Å²) in [7, 11) is 0. The monoisotopic (exact) mass is 455 g/mol. The maximum atomic E-state index is 13.7. The van der Waals surface area contributed by atoms with E-state index in [2.05, 4.69) is 5.32 Å². The largest absolute Gasteiger partial charge is 0.465 e. The van der Waals surface area contributed by atoms with Crippen molar-refractivity contribution in [3.05, 3.63) is 57.3 Å². The summed E-state index contributed by atoms with van der Waals surface area (Å²) in [4.78, 5) is 38.3. The number of hydrogen-bond acceptors (Lipinski definition) is 4. The molecular formula is C24H29N3O4S. The van der Waals surface area contributed by atoms with Crippen LogP contribution in [-0.4, -0.2) is 21.7 Å². The van der Waals surface area contributed by atoms with Crippen molar-refractivity contribution in [1.82, 2.24) is 9.88 Å². The summed E-state index contributed by atoms with van der Waals surface area (Å²) in [5.74, 6) is -0.441. The maximum Gasteiger partial charge on any atom is 0.405 e. The topological polar surface area (TPSA) is 114 Å². The van der Waals surface area contributed by atoms with Crippen LogP contribution in [0.5, 0.6) is 0 Å². The second-order valence-corrected chi connectivity index (χ2v) is 10.4. The Labute approximate surface area is 190 Å². The molecule has 4 N–H and O–H groups in total. The lowest BCUT2D eigenvalue weighted by molar-refractivity contribution is 0.100. The van der Waals surface area contributed by atoms with Crippen LogP contribution in [0.4, 0.5) is 4.79 Å². The van der Waals surface area contributed by atoms with E-state index in [1.807, 2.05) is 52.1 Å². The van der Waals surface area contributed by atoms with Gasteiger partial charge in [0.15, 0.2) is 0 Å². The Balaban J connectivity index is 2.58. The smallest absolute Gasteiger partial charge is 0.405 e. The molecule has 3 rings (SSSR count). The predicted molar refractivity (Wildman–Crippen MR) is 128 cm³/mol. The second-order valence-electron chi connectivity index (χ2n) is 9.42. The van der Waals surface area contributed by atoms with Crippen molar-refractivity contribution < 1.29 is 14.7 Å². The van der Waals surface area contributed by atoms with E-state index in [1.165, 1.54) is 11.3 Å². The Morgan fingerprint density at radius 1 is 1.19 bits per heavy atom. The van der Waals surface area contributed by atoms with E-state index < -0.39 is 23.5 Å². The van der Waals surface area contributed by atoms with Crippen LogP contribution in [0.3, 0.4) is 0 Å². The van der Waals surface area contributed by atoms with Crippen molar-refractivity contribution in [2.24, 2.45) is 17.1 Å². The fraction of sp³-hybridized carbons (Fsp3) is 0.375. The number of aromatic nitrogens is 1. The number of nitrogens with one attached hydrogen (secondary N) is 1. The zero-order chi connectivity index (χ0) is 23.8. The number of hydrogen-bond donors (Lipinski definition) is 3. The zero-order valence-corrected chi connectivity index (χ0v) is 19.7. The van der Waals surface area contributed by atoms with Gasteiger partial charge >= 0.3 is 6.09 Å². The van der Waals surface area contributed by atoms with Crippen LogP contribution in [0.15, 0.2) is 40.5 Å². The molecule has 1 atom stereocenters. The predicted octanol–water partition coefficient (Wildman–Crippen LogP) is 4.84. The van der Waals surface area contributed by atoms with Crippen molar-refractivity contribution in [3.63, 3.8) is 0 Å². The molecule has 0 aliphatic carbocycles. The Morgan fingerprint density at radius 3 is 2.38 bits per heavy atom. The summed E-state index contributed by atoms with van der Waals surface area (Å²) in [6, 6.07) is 7.99. The van der Waals surface area contributed by atoms with Gasteiger partial charge in [0.05, 0.1) is 11.7 Å². The first-order valence-electron chi connectivity index (χ1n) is 10.5. The van der Waals surface area contributed by atoms with Crippen LogP contribution in [0.1, 0.15) is 56.7 Å². The molecular weight excluding hydrogens is 426 g/mol. The number of fused-ring (bicyclic) bond motifs is 1. The molecule has 0 radical (unpaired) electrons. The molecule has 0 spiro atoms. The lowest BCUT2D eigenvalue weighted by Gasteiger charge is -2.35. The third-order valence-electron chi connectivity index (χ3n) is 5.32. The molecule has 170 valence electrons. The average Bonchev–Trinajstić information content (AvgIpc) is 3.20. The molecule has 0 aliphatic heterocycles. The minimum Gasteiger partial charge on any atom is -0.465 e. The van der Waals surface area contributed by atoms with Gasteiger partial charge in [0.2, 0.25) is 5.91 Å². The molecule has 8 heteroatoms. The van der Waals surface area contributed by atoms with Gasteiger partial charge in [0, 0.05) is 27.9 Å². The average molecular weight is 456 g/mol.